The SMILES string of the molecule is COc1ccc(/C=C2/N=C(c3ccc(Cl)cc3Cl)N(c3nccs3)C2=O)cc1OC. The number of amidine groups is 1. The van der Waals surface area contributed by atoms with Crippen LogP contribution in [-0.4, -0.2) is 30.9 Å². The summed E-state index contributed by atoms with van der Waals surface area (Å²) in [6.45, 7) is 0. The van der Waals surface area contributed by atoms with E-state index in [0.29, 0.717) is 38.1 Å². The van der Waals surface area contributed by atoms with Crippen LogP contribution in [0.4, 0.5) is 5.13 Å². The summed E-state index contributed by atoms with van der Waals surface area (Å²) in [5.74, 6) is 1.24. The Balaban J connectivity index is 1.82. The van der Waals surface area contributed by atoms with Crippen molar-refractivity contribution in [1.29, 1.82) is 0 Å². The Labute approximate surface area is 187 Å². The topological polar surface area (TPSA) is 64.0 Å². The van der Waals surface area contributed by atoms with E-state index >= 15 is 0 Å². The Hall–Kier alpha value is -2.87. The summed E-state index contributed by atoms with van der Waals surface area (Å²) in [4.78, 5) is 23.5. The van der Waals surface area contributed by atoms with Crippen molar-refractivity contribution < 1.29 is 14.3 Å². The van der Waals surface area contributed by atoms with E-state index in [1.807, 2.05) is 6.07 Å². The summed E-state index contributed by atoms with van der Waals surface area (Å²) in [7, 11) is 3.12. The highest BCUT2D eigenvalue weighted by atomic mass is 35.5. The molecule has 0 radical (unpaired) electrons. The minimum Gasteiger partial charge on any atom is -0.493 e. The second-order valence-electron chi connectivity index (χ2n) is 6.16. The van der Waals surface area contributed by atoms with E-state index < -0.39 is 0 Å². The Bertz CT molecular complexity index is 1180. The molecule has 0 saturated heterocycles. The number of hydrogen-bond donors (Lipinski definition) is 0. The number of aromatic nitrogens is 1. The van der Waals surface area contributed by atoms with Crippen molar-refractivity contribution in [3.05, 3.63) is 74.8 Å². The van der Waals surface area contributed by atoms with Crippen LogP contribution in [0.25, 0.3) is 6.08 Å². The average molecular weight is 460 g/mol. The lowest BCUT2D eigenvalue weighted by atomic mass is 10.1. The number of benzene rings is 2. The summed E-state index contributed by atoms with van der Waals surface area (Å²) in [5.41, 5.74) is 1.57. The van der Waals surface area contributed by atoms with E-state index in [1.54, 1.807) is 62.2 Å². The van der Waals surface area contributed by atoms with E-state index in [2.05, 4.69) is 9.98 Å². The molecule has 152 valence electrons. The number of anilines is 1. The molecule has 0 unspecified atom stereocenters. The molecule has 0 N–H and O–H groups in total. The van der Waals surface area contributed by atoms with Crippen molar-refractivity contribution in [2.24, 2.45) is 4.99 Å². The van der Waals surface area contributed by atoms with Gasteiger partial charge in [-0.1, -0.05) is 29.3 Å². The molecule has 1 aromatic heterocycles. The second-order valence-corrected chi connectivity index (χ2v) is 7.88. The maximum Gasteiger partial charge on any atom is 0.284 e. The molecule has 0 aliphatic carbocycles. The van der Waals surface area contributed by atoms with Gasteiger partial charge >= 0.3 is 0 Å². The third-order valence-corrected chi connectivity index (χ3v) is 5.66. The molecule has 0 atom stereocenters. The van der Waals surface area contributed by atoms with Gasteiger partial charge in [-0.05, 0) is 42.0 Å². The van der Waals surface area contributed by atoms with Gasteiger partial charge in [-0.3, -0.25) is 4.79 Å². The van der Waals surface area contributed by atoms with Gasteiger partial charge in [-0.25, -0.2) is 14.9 Å². The lowest BCUT2D eigenvalue weighted by Gasteiger charge is -2.15. The molecular weight excluding hydrogens is 445 g/mol. The van der Waals surface area contributed by atoms with Gasteiger partial charge in [0.05, 0.1) is 19.2 Å². The van der Waals surface area contributed by atoms with Gasteiger partial charge in [0.1, 0.15) is 5.70 Å². The third kappa shape index (κ3) is 3.79. The Morgan fingerprint density at radius 2 is 1.87 bits per heavy atom. The van der Waals surface area contributed by atoms with Crippen molar-refractivity contribution in [2.45, 2.75) is 0 Å². The fourth-order valence-corrected chi connectivity index (χ4v) is 4.11. The monoisotopic (exact) mass is 459 g/mol. The van der Waals surface area contributed by atoms with Crippen LogP contribution in [0.3, 0.4) is 0 Å². The first-order valence-corrected chi connectivity index (χ1v) is 10.4. The first kappa shape index (κ1) is 20.4. The number of aliphatic imine (C=N–C) groups is 1. The van der Waals surface area contributed by atoms with Crippen LogP contribution in [0.1, 0.15) is 11.1 Å². The van der Waals surface area contributed by atoms with E-state index in [-0.39, 0.29) is 11.6 Å². The zero-order valence-electron chi connectivity index (χ0n) is 15.9. The number of halogens is 2. The summed E-state index contributed by atoms with van der Waals surface area (Å²) in [6.07, 6.45) is 3.31. The molecule has 30 heavy (non-hydrogen) atoms. The standard InChI is InChI=1S/C21H15Cl2N3O3S/c1-28-17-6-3-12(10-18(17)29-2)9-16-20(27)26(21-24-7-8-30-21)19(25-16)14-5-4-13(22)11-15(14)23/h3-11H,1-2H3/b16-9+. The summed E-state index contributed by atoms with van der Waals surface area (Å²) < 4.78 is 10.6. The average Bonchev–Trinajstić information content (AvgIpc) is 3.36. The van der Waals surface area contributed by atoms with Crippen LogP contribution in [0, 0.1) is 0 Å². The van der Waals surface area contributed by atoms with Crippen LogP contribution < -0.4 is 14.4 Å². The van der Waals surface area contributed by atoms with Crippen molar-refractivity contribution in [1.82, 2.24) is 4.98 Å². The molecule has 2 aromatic carbocycles. The summed E-state index contributed by atoms with van der Waals surface area (Å²) in [5, 5.41) is 3.18. The first-order chi connectivity index (χ1) is 14.5. The number of rotatable bonds is 5. The number of ether oxygens (including phenoxy) is 2. The molecule has 3 aromatic rings. The number of methoxy groups -OCH3 is 2. The molecule has 4 rings (SSSR count). The Kier molecular flexibility index (Phi) is 5.76. The van der Waals surface area contributed by atoms with Crippen LogP contribution in [0.5, 0.6) is 11.5 Å². The van der Waals surface area contributed by atoms with Gasteiger partial charge in [0.15, 0.2) is 22.5 Å². The third-order valence-electron chi connectivity index (χ3n) is 4.35. The molecule has 0 spiro atoms. The van der Waals surface area contributed by atoms with E-state index in [1.165, 1.54) is 16.2 Å². The van der Waals surface area contributed by atoms with Crippen LogP contribution >= 0.6 is 34.5 Å². The van der Waals surface area contributed by atoms with Crippen LogP contribution in [0.15, 0.2) is 58.7 Å². The minimum atomic E-state index is -0.305. The van der Waals surface area contributed by atoms with E-state index in [9.17, 15) is 4.79 Å². The molecule has 0 fully saturated rings. The Morgan fingerprint density at radius 1 is 1.07 bits per heavy atom. The van der Waals surface area contributed by atoms with Gasteiger partial charge < -0.3 is 9.47 Å². The highest BCUT2D eigenvalue weighted by Gasteiger charge is 2.35. The van der Waals surface area contributed by atoms with Gasteiger partial charge in [0.25, 0.3) is 5.91 Å². The molecule has 0 saturated carbocycles. The van der Waals surface area contributed by atoms with Crippen LogP contribution in [0.2, 0.25) is 10.0 Å². The van der Waals surface area contributed by atoms with Gasteiger partial charge in [0.2, 0.25) is 0 Å². The summed E-state index contributed by atoms with van der Waals surface area (Å²) in [6, 6.07) is 10.4. The summed E-state index contributed by atoms with van der Waals surface area (Å²) >= 11 is 13.8. The van der Waals surface area contributed by atoms with Gasteiger partial charge in [0, 0.05) is 22.2 Å². The smallest absolute Gasteiger partial charge is 0.284 e. The molecule has 1 aliphatic heterocycles. The van der Waals surface area contributed by atoms with Crippen molar-refractivity contribution in [3.8, 4) is 11.5 Å². The first-order valence-electron chi connectivity index (χ1n) is 8.73. The number of amides is 1. The molecule has 1 amide bonds. The zero-order chi connectivity index (χ0) is 21.3. The van der Waals surface area contributed by atoms with E-state index in [4.69, 9.17) is 32.7 Å². The molecule has 1 aliphatic rings. The van der Waals surface area contributed by atoms with Gasteiger partial charge in [-0.2, -0.15) is 0 Å². The minimum absolute atomic E-state index is 0.249. The number of hydrogen-bond acceptors (Lipinski definition) is 6. The normalized spacial score (nSPS) is 14.9. The highest BCUT2D eigenvalue weighted by Crippen LogP contribution is 2.33. The largest absolute Gasteiger partial charge is 0.493 e. The molecule has 2 heterocycles. The molecule has 0 bridgehead atoms. The Morgan fingerprint density at radius 3 is 2.53 bits per heavy atom. The number of carbonyl (C=O) groups excluding carboxylic acids is 1. The van der Waals surface area contributed by atoms with Crippen LogP contribution in [-0.2, 0) is 4.79 Å². The lowest BCUT2D eigenvalue weighted by molar-refractivity contribution is -0.113. The predicted molar refractivity (Wildman–Crippen MR) is 120 cm³/mol. The second kappa shape index (κ2) is 8.47. The van der Waals surface area contributed by atoms with Crippen molar-refractivity contribution in [2.75, 3.05) is 19.1 Å². The van der Waals surface area contributed by atoms with Crippen molar-refractivity contribution in [3.63, 3.8) is 0 Å². The van der Waals surface area contributed by atoms with E-state index in [0.717, 1.165) is 5.56 Å². The highest BCUT2D eigenvalue weighted by molar-refractivity contribution is 7.14. The fraction of sp³-hybridized carbons (Fsp3) is 0.0952. The molecular formula is C21H15Cl2N3O3S. The number of thiazole rings is 1. The zero-order valence-corrected chi connectivity index (χ0v) is 18.3. The number of carbonyl (C=O) groups is 1. The number of nitrogens with zero attached hydrogens (tertiary/aromatic N) is 3. The predicted octanol–water partition coefficient (Wildman–Crippen LogP) is 5.30. The van der Waals surface area contributed by atoms with Gasteiger partial charge in [-0.15, -0.1) is 11.3 Å². The fourth-order valence-electron chi connectivity index (χ4n) is 2.97. The lowest BCUT2D eigenvalue weighted by Crippen LogP contribution is -2.32. The molecule has 6 nitrogen and oxygen atoms in total. The maximum absolute atomic E-state index is 13.2. The molecule has 9 heteroatoms. The quantitative estimate of drug-likeness (QED) is 0.485. The van der Waals surface area contributed by atoms with Crippen molar-refractivity contribution >= 4 is 57.5 Å². The maximum atomic E-state index is 13.2.